The summed E-state index contributed by atoms with van der Waals surface area (Å²) < 4.78 is 0. The van der Waals surface area contributed by atoms with Gasteiger partial charge in [0.15, 0.2) is 10.3 Å². The molecule has 7 heteroatoms. The molecule has 0 radical (unpaired) electrons. The number of nitrogens with two attached hydrogens (primary N) is 2. The van der Waals surface area contributed by atoms with Gasteiger partial charge in [-0.1, -0.05) is 47.8 Å². The summed E-state index contributed by atoms with van der Waals surface area (Å²) in [6.07, 6.45) is 0.858. The molecular weight excluding hydrogens is 292 g/mol. The third kappa shape index (κ3) is 6.31. The van der Waals surface area contributed by atoms with Crippen LogP contribution in [-0.4, -0.2) is 33.6 Å². The molecule has 0 aliphatic heterocycles. The molecule has 0 heterocycles. The summed E-state index contributed by atoms with van der Waals surface area (Å²) >= 11 is 2.57. The van der Waals surface area contributed by atoms with E-state index in [9.17, 15) is 5.11 Å². The topological polar surface area (TPSA) is 120 Å². The van der Waals surface area contributed by atoms with E-state index in [-0.39, 0.29) is 22.9 Å². The van der Waals surface area contributed by atoms with Crippen molar-refractivity contribution >= 4 is 33.9 Å². The Kier molecular flexibility index (Phi) is 7.50. The molecule has 110 valence electrons. The highest BCUT2D eigenvalue weighted by Gasteiger charge is 2.11. The van der Waals surface area contributed by atoms with Gasteiger partial charge < -0.3 is 16.6 Å². The van der Waals surface area contributed by atoms with Gasteiger partial charge in [-0.2, -0.15) is 0 Å². The van der Waals surface area contributed by atoms with Crippen LogP contribution in [-0.2, 0) is 6.42 Å². The minimum absolute atomic E-state index is 0.00968. The number of amidine groups is 2. The fraction of sp³-hybridized carbons (Fsp3) is 0.385. The van der Waals surface area contributed by atoms with E-state index in [1.807, 2.05) is 24.3 Å². The van der Waals surface area contributed by atoms with E-state index in [1.54, 1.807) is 0 Å². The Morgan fingerprint density at radius 2 is 1.70 bits per heavy atom. The lowest BCUT2D eigenvalue weighted by atomic mass is 10.00. The van der Waals surface area contributed by atoms with Crippen LogP contribution in [0.4, 0.5) is 0 Å². The highest BCUT2D eigenvalue weighted by molar-refractivity contribution is 8.13. The Hall–Kier alpha value is -1.18. The van der Waals surface area contributed by atoms with Crippen LogP contribution < -0.4 is 11.5 Å². The molecule has 1 aromatic rings. The van der Waals surface area contributed by atoms with Crippen molar-refractivity contribution in [3.05, 3.63) is 35.4 Å². The van der Waals surface area contributed by atoms with Crippen LogP contribution in [0.1, 0.15) is 17.0 Å². The summed E-state index contributed by atoms with van der Waals surface area (Å²) in [6, 6.07) is 8.04. The molecule has 20 heavy (non-hydrogen) atoms. The van der Waals surface area contributed by atoms with Crippen molar-refractivity contribution in [2.45, 2.75) is 12.3 Å². The standard InChI is InChI=1S/C13H20N4OS2/c14-12(15)19-6-5-9-1-3-10(4-2-9)11(7-18)8-20-13(16)17/h1-4,11,18H,5-8H2,(H3,14,15)(H3,16,17)/t11-/m0/s1. The quantitative estimate of drug-likeness (QED) is 0.386. The van der Waals surface area contributed by atoms with Crippen LogP contribution in [0, 0.1) is 10.8 Å². The van der Waals surface area contributed by atoms with Crippen molar-refractivity contribution in [2.75, 3.05) is 18.1 Å². The third-order valence-corrected chi connectivity index (χ3v) is 4.36. The Labute approximate surface area is 127 Å². The first-order valence-corrected chi connectivity index (χ1v) is 8.13. The maximum atomic E-state index is 9.40. The Morgan fingerprint density at radius 3 is 2.20 bits per heavy atom. The van der Waals surface area contributed by atoms with E-state index in [2.05, 4.69) is 0 Å². The van der Waals surface area contributed by atoms with E-state index in [0.717, 1.165) is 17.7 Å². The zero-order valence-electron chi connectivity index (χ0n) is 11.1. The normalized spacial score (nSPS) is 12.1. The van der Waals surface area contributed by atoms with Crippen molar-refractivity contribution < 1.29 is 5.11 Å². The van der Waals surface area contributed by atoms with Crippen LogP contribution in [0.25, 0.3) is 0 Å². The summed E-state index contributed by atoms with van der Waals surface area (Å²) in [6.45, 7) is 0.0415. The highest BCUT2D eigenvalue weighted by Crippen LogP contribution is 2.21. The molecule has 5 nitrogen and oxygen atoms in total. The summed E-state index contributed by atoms with van der Waals surface area (Å²) in [5, 5.41) is 23.9. The predicted molar refractivity (Wildman–Crippen MR) is 88.7 cm³/mol. The van der Waals surface area contributed by atoms with Crippen LogP contribution >= 0.6 is 23.5 Å². The van der Waals surface area contributed by atoms with Gasteiger partial charge in [-0.3, -0.25) is 10.8 Å². The number of rotatable bonds is 7. The second-order valence-corrected chi connectivity index (χ2v) is 6.46. The Morgan fingerprint density at radius 1 is 1.10 bits per heavy atom. The average molecular weight is 312 g/mol. The van der Waals surface area contributed by atoms with Crippen LogP contribution in [0.3, 0.4) is 0 Å². The molecule has 0 unspecified atom stereocenters. The molecular formula is C13H20N4OS2. The zero-order chi connectivity index (χ0) is 15.0. The third-order valence-electron chi connectivity index (χ3n) is 2.76. The zero-order valence-corrected chi connectivity index (χ0v) is 12.8. The summed E-state index contributed by atoms with van der Waals surface area (Å²) in [7, 11) is 0. The summed E-state index contributed by atoms with van der Waals surface area (Å²) in [5.41, 5.74) is 12.8. The molecule has 0 fully saturated rings. The fourth-order valence-electron chi connectivity index (χ4n) is 1.68. The van der Waals surface area contributed by atoms with Gasteiger partial charge >= 0.3 is 0 Å². The molecule has 7 N–H and O–H groups in total. The van der Waals surface area contributed by atoms with Crippen LogP contribution in [0.2, 0.25) is 0 Å². The average Bonchev–Trinajstić information content (AvgIpc) is 2.40. The largest absolute Gasteiger partial charge is 0.396 e. The molecule has 0 bridgehead atoms. The number of aliphatic hydroxyl groups excluding tert-OH is 1. The molecule has 0 spiro atoms. The van der Waals surface area contributed by atoms with Gasteiger partial charge in [-0.05, 0) is 17.5 Å². The van der Waals surface area contributed by atoms with E-state index >= 15 is 0 Å². The maximum absolute atomic E-state index is 9.40. The molecule has 0 aromatic heterocycles. The minimum atomic E-state index is -0.00968. The fourth-order valence-corrected chi connectivity index (χ4v) is 2.92. The SMILES string of the molecule is N=C(N)SCCc1ccc([C@@H](CO)CSC(=N)N)cc1. The number of aryl methyl sites for hydroxylation is 1. The molecule has 0 saturated carbocycles. The Bertz CT molecular complexity index is 450. The minimum Gasteiger partial charge on any atom is -0.396 e. The van der Waals surface area contributed by atoms with E-state index in [4.69, 9.17) is 22.3 Å². The van der Waals surface area contributed by atoms with E-state index in [0.29, 0.717) is 5.75 Å². The second-order valence-electron chi connectivity index (χ2n) is 4.26. The van der Waals surface area contributed by atoms with Gasteiger partial charge in [-0.15, -0.1) is 0 Å². The summed E-state index contributed by atoms with van der Waals surface area (Å²) in [4.78, 5) is 0. The van der Waals surface area contributed by atoms with Crippen molar-refractivity contribution in [3.8, 4) is 0 Å². The van der Waals surface area contributed by atoms with E-state index in [1.165, 1.54) is 29.1 Å². The molecule has 0 saturated heterocycles. The highest BCUT2D eigenvalue weighted by atomic mass is 32.2. The van der Waals surface area contributed by atoms with Gasteiger partial charge in [-0.25, -0.2) is 0 Å². The molecule has 1 aromatic carbocycles. The Balaban J connectivity index is 2.54. The lowest BCUT2D eigenvalue weighted by Crippen LogP contribution is -2.12. The van der Waals surface area contributed by atoms with Gasteiger partial charge in [0.1, 0.15) is 0 Å². The maximum Gasteiger partial charge on any atom is 0.151 e. The number of thioether (sulfide) groups is 2. The number of aliphatic hydroxyl groups is 1. The van der Waals surface area contributed by atoms with Gasteiger partial charge in [0, 0.05) is 17.4 Å². The van der Waals surface area contributed by atoms with Crippen molar-refractivity contribution in [1.82, 2.24) is 0 Å². The lowest BCUT2D eigenvalue weighted by molar-refractivity contribution is 0.275. The molecule has 0 amide bonds. The predicted octanol–water partition coefficient (Wildman–Crippen LogP) is 1.56. The van der Waals surface area contributed by atoms with Crippen molar-refractivity contribution in [1.29, 1.82) is 10.8 Å². The van der Waals surface area contributed by atoms with E-state index < -0.39 is 0 Å². The number of hydrogen-bond donors (Lipinski definition) is 5. The second kappa shape index (κ2) is 8.89. The van der Waals surface area contributed by atoms with Crippen LogP contribution in [0.5, 0.6) is 0 Å². The number of hydrogen-bond acceptors (Lipinski definition) is 5. The molecule has 0 aliphatic rings. The van der Waals surface area contributed by atoms with Gasteiger partial charge in [0.05, 0.1) is 6.61 Å². The van der Waals surface area contributed by atoms with Crippen molar-refractivity contribution in [2.24, 2.45) is 11.5 Å². The molecule has 1 rings (SSSR count). The van der Waals surface area contributed by atoms with Crippen LogP contribution in [0.15, 0.2) is 24.3 Å². The first-order valence-electron chi connectivity index (χ1n) is 6.16. The summed E-state index contributed by atoms with van der Waals surface area (Å²) in [5.74, 6) is 1.38. The van der Waals surface area contributed by atoms with Gasteiger partial charge in [0.25, 0.3) is 0 Å². The molecule has 1 atom stereocenters. The van der Waals surface area contributed by atoms with Gasteiger partial charge in [0.2, 0.25) is 0 Å². The lowest BCUT2D eigenvalue weighted by Gasteiger charge is -2.14. The number of nitrogens with one attached hydrogen (secondary N) is 2. The van der Waals surface area contributed by atoms with Crippen molar-refractivity contribution in [3.63, 3.8) is 0 Å². The molecule has 0 aliphatic carbocycles. The monoisotopic (exact) mass is 312 g/mol. The first-order chi connectivity index (χ1) is 9.52. The smallest absolute Gasteiger partial charge is 0.151 e. The first kappa shape index (κ1) is 16.9. The number of benzene rings is 1.